The molecule has 0 bridgehead atoms. The minimum absolute atomic E-state index is 0.459. The first-order valence-corrected chi connectivity index (χ1v) is 9.55. The number of ether oxygens (including phenoxy) is 2. The number of pyridine rings is 1. The summed E-state index contributed by atoms with van der Waals surface area (Å²) in [5.41, 5.74) is 2.47. The standard InChI is InChI=1S/C22H23N3O2/c1-2-17-13-23-8-6-19(17)20(3-1)24-18-7-9-25(15-18)14-16-4-5-21-22(12-16)27-11-10-26-21/h1-6,8,12-13,18,24H,7,9-11,14-15H2/t18-/m1/s1. The van der Waals surface area contributed by atoms with Crippen molar-refractivity contribution in [2.45, 2.75) is 19.0 Å². The van der Waals surface area contributed by atoms with Gasteiger partial charge in [-0.1, -0.05) is 18.2 Å². The Labute approximate surface area is 158 Å². The Balaban J connectivity index is 1.25. The molecular weight excluding hydrogens is 338 g/mol. The first-order valence-electron chi connectivity index (χ1n) is 9.55. The molecule has 1 atom stereocenters. The molecule has 0 amide bonds. The van der Waals surface area contributed by atoms with E-state index < -0.39 is 0 Å². The summed E-state index contributed by atoms with van der Waals surface area (Å²) in [5, 5.41) is 6.14. The van der Waals surface area contributed by atoms with Crippen LogP contribution in [0.1, 0.15) is 12.0 Å². The second kappa shape index (κ2) is 7.08. The number of rotatable bonds is 4. The van der Waals surface area contributed by atoms with Crippen molar-refractivity contribution in [1.29, 1.82) is 0 Å². The van der Waals surface area contributed by atoms with E-state index >= 15 is 0 Å². The summed E-state index contributed by atoms with van der Waals surface area (Å²) < 4.78 is 11.3. The monoisotopic (exact) mass is 361 g/mol. The first-order chi connectivity index (χ1) is 13.3. The third kappa shape index (κ3) is 3.43. The molecule has 1 aromatic heterocycles. The van der Waals surface area contributed by atoms with Crippen molar-refractivity contribution >= 4 is 16.5 Å². The van der Waals surface area contributed by atoms with Crippen LogP contribution < -0.4 is 14.8 Å². The Morgan fingerprint density at radius 2 is 2.00 bits per heavy atom. The van der Waals surface area contributed by atoms with Crippen LogP contribution in [0, 0.1) is 0 Å². The molecule has 5 nitrogen and oxygen atoms in total. The zero-order chi connectivity index (χ0) is 18.1. The van der Waals surface area contributed by atoms with Gasteiger partial charge < -0.3 is 14.8 Å². The van der Waals surface area contributed by atoms with E-state index in [2.05, 4.69) is 51.6 Å². The maximum Gasteiger partial charge on any atom is 0.161 e. The van der Waals surface area contributed by atoms with Crippen LogP contribution in [0.5, 0.6) is 11.5 Å². The van der Waals surface area contributed by atoms with Gasteiger partial charge in [0.05, 0.1) is 0 Å². The zero-order valence-electron chi connectivity index (χ0n) is 15.2. The smallest absolute Gasteiger partial charge is 0.161 e. The lowest BCUT2D eigenvalue weighted by atomic mass is 10.1. The maximum atomic E-state index is 5.71. The Kier molecular flexibility index (Phi) is 4.30. The lowest BCUT2D eigenvalue weighted by Crippen LogP contribution is -2.26. The fourth-order valence-electron chi connectivity index (χ4n) is 4.01. The van der Waals surface area contributed by atoms with Gasteiger partial charge in [-0.15, -0.1) is 0 Å². The molecule has 138 valence electrons. The summed E-state index contributed by atoms with van der Waals surface area (Å²) in [6.07, 6.45) is 4.92. The molecule has 1 saturated heterocycles. The number of anilines is 1. The van der Waals surface area contributed by atoms with Crippen molar-refractivity contribution < 1.29 is 9.47 Å². The van der Waals surface area contributed by atoms with Crippen molar-refractivity contribution in [1.82, 2.24) is 9.88 Å². The quantitative estimate of drug-likeness (QED) is 0.768. The Hall–Kier alpha value is -2.79. The molecule has 0 aliphatic carbocycles. The molecule has 1 N–H and O–H groups in total. The Bertz CT molecular complexity index is 954. The number of hydrogen-bond donors (Lipinski definition) is 1. The minimum atomic E-state index is 0.459. The van der Waals surface area contributed by atoms with Gasteiger partial charge in [0.25, 0.3) is 0 Å². The topological polar surface area (TPSA) is 46.6 Å². The molecule has 2 aliphatic rings. The molecule has 2 aliphatic heterocycles. The van der Waals surface area contributed by atoms with Gasteiger partial charge in [0.15, 0.2) is 11.5 Å². The molecule has 5 rings (SSSR count). The van der Waals surface area contributed by atoms with Crippen LogP contribution in [0.15, 0.2) is 54.9 Å². The van der Waals surface area contributed by atoms with Gasteiger partial charge in [0.1, 0.15) is 13.2 Å². The minimum Gasteiger partial charge on any atom is -0.486 e. The second-order valence-electron chi connectivity index (χ2n) is 7.25. The van der Waals surface area contributed by atoms with E-state index in [0.29, 0.717) is 19.3 Å². The molecule has 3 aromatic rings. The van der Waals surface area contributed by atoms with Crippen molar-refractivity contribution in [3.8, 4) is 11.5 Å². The van der Waals surface area contributed by atoms with Gasteiger partial charge in [-0.3, -0.25) is 9.88 Å². The van der Waals surface area contributed by atoms with E-state index in [1.165, 1.54) is 22.0 Å². The number of likely N-dealkylation sites (tertiary alicyclic amines) is 1. The average Bonchev–Trinajstić information content (AvgIpc) is 3.15. The number of fused-ring (bicyclic) bond motifs is 2. The predicted octanol–water partition coefficient (Wildman–Crippen LogP) is 3.69. The number of nitrogens with one attached hydrogen (secondary N) is 1. The molecule has 0 unspecified atom stereocenters. The summed E-state index contributed by atoms with van der Waals surface area (Å²) >= 11 is 0. The lowest BCUT2D eigenvalue weighted by molar-refractivity contribution is 0.171. The molecule has 27 heavy (non-hydrogen) atoms. The highest BCUT2D eigenvalue weighted by Gasteiger charge is 2.23. The Morgan fingerprint density at radius 1 is 1.07 bits per heavy atom. The lowest BCUT2D eigenvalue weighted by Gasteiger charge is -2.21. The van der Waals surface area contributed by atoms with Gasteiger partial charge in [0, 0.05) is 54.5 Å². The van der Waals surface area contributed by atoms with Crippen LogP contribution in [0.3, 0.4) is 0 Å². The van der Waals surface area contributed by atoms with Crippen LogP contribution >= 0.6 is 0 Å². The number of nitrogens with zero attached hydrogens (tertiary/aromatic N) is 2. The number of benzene rings is 2. The van der Waals surface area contributed by atoms with Crippen LogP contribution in [0.4, 0.5) is 5.69 Å². The molecule has 3 heterocycles. The van der Waals surface area contributed by atoms with Crippen LogP contribution in [0.2, 0.25) is 0 Å². The van der Waals surface area contributed by atoms with E-state index in [1.807, 2.05) is 18.5 Å². The number of hydrogen-bond acceptors (Lipinski definition) is 5. The predicted molar refractivity (Wildman–Crippen MR) is 106 cm³/mol. The van der Waals surface area contributed by atoms with Gasteiger partial charge in [-0.25, -0.2) is 0 Å². The van der Waals surface area contributed by atoms with Crippen LogP contribution in [-0.2, 0) is 6.54 Å². The van der Waals surface area contributed by atoms with Gasteiger partial charge in [0.2, 0.25) is 0 Å². The van der Waals surface area contributed by atoms with E-state index in [9.17, 15) is 0 Å². The van der Waals surface area contributed by atoms with Crippen LogP contribution in [0.25, 0.3) is 10.8 Å². The third-order valence-electron chi connectivity index (χ3n) is 5.33. The second-order valence-corrected chi connectivity index (χ2v) is 7.25. The summed E-state index contributed by atoms with van der Waals surface area (Å²) in [6.45, 7) is 4.34. The van der Waals surface area contributed by atoms with E-state index in [4.69, 9.17) is 9.47 Å². The SMILES string of the molecule is c1cc(N[C@@H]2CCN(Cc3ccc4c(c3)OCCO4)C2)c2ccncc2c1. The van der Waals surface area contributed by atoms with Gasteiger partial charge in [-0.05, 0) is 36.2 Å². The fourth-order valence-corrected chi connectivity index (χ4v) is 4.01. The molecule has 0 radical (unpaired) electrons. The average molecular weight is 361 g/mol. The van der Waals surface area contributed by atoms with Crippen molar-refractivity contribution in [2.75, 3.05) is 31.6 Å². The third-order valence-corrected chi connectivity index (χ3v) is 5.33. The summed E-state index contributed by atoms with van der Waals surface area (Å²) in [5.74, 6) is 1.73. The molecule has 0 saturated carbocycles. The molecule has 1 fully saturated rings. The van der Waals surface area contributed by atoms with E-state index in [0.717, 1.165) is 37.6 Å². The normalized spacial score (nSPS) is 19.3. The highest BCUT2D eigenvalue weighted by atomic mass is 16.6. The highest BCUT2D eigenvalue weighted by molar-refractivity contribution is 5.93. The van der Waals surface area contributed by atoms with E-state index in [-0.39, 0.29) is 0 Å². The molecule has 0 spiro atoms. The highest BCUT2D eigenvalue weighted by Crippen LogP contribution is 2.31. The van der Waals surface area contributed by atoms with E-state index in [1.54, 1.807) is 0 Å². The summed E-state index contributed by atoms with van der Waals surface area (Å²) in [6, 6.07) is 15.2. The van der Waals surface area contributed by atoms with Crippen LogP contribution in [-0.4, -0.2) is 42.2 Å². The molecule has 2 aromatic carbocycles. The molecular formula is C22H23N3O2. The first kappa shape index (κ1) is 16.4. The largest absolute Gasteiger partial charge is 0.486 e. The number of aromatic nitrogens is 1. The fraction of sp³-hybridized carbons (Fsp3) is 0.318. The van der Waals surface area contributed by atoms with Crippen molar-refractivity contribution in [3.05, 3.63) is 60.4 Å². The van der Waals surface area contributed by atoms with Crippen molar-refractivity contribution in [3.63, 3.8) is 0 Å². The Morgan fingerprint density at radius 3 is 2.96 bits per heavy atom. The van der Waals surface area contributed by atoms with Crippen molar-refractivity contribution in [2.24, 2.45) is 0 Å². The maximum absolute atomic E-state index is 5.71. The molecule has 5 heteroatoms. The zero-order valence-corrected chi connectivity index (χ0v) is 15.2. The van der Waals surface area contributed by atoms with Gasteiger partial charge >= 0.3 is 0 Å². The van der Waals surface area contributed by atoms with Gasteiger partial charge in [-0.2, -0.15) is 0 Å². The summed E-state index contributed by atoms with van der Waals surface area (Å²) in [4.78, 5) is 6.72. The summed E-state index contributed by atoms with van der Waals surface area (Å²) in [7, 11) is 0.